The predicted molar refractivity (Wildman–Crippen MR) is 132 cm³/mol. The summed E-state index contributed by atoms with van der Waals surface area (Å²) in [6, 6.07) is 13.2. The zero-order valence-corrected chi connectivity index (χ0v) is 20.5. The Balaban J connectivity index is 1.68. The Morgan fingerprint density at radius 1 is 1.18 bits per heavy atom. The number of unbranched alkanes of at least 4 members (excludes halogenated alkanes) is 1. The van der Waals surface area contributed by atoms with Crippen LogP contribution in [-0.2, 0) is 24.8 Å². The van der Waals surface area contributed by atoms with E-state index in [0.29, 0.717) is 17.9 Å². The van der Waals surface area contributed by atoms with Crippen LogP contribution in [0, 0.1) is 0 Å². The van der Waals surface area contributed by atoms with E-state index >= 15 is 0 Å². The van der Waals surface area contributed by atoms with Crippen molar-refractivity contribution in [3.63, 3.8) is 0 Å². The van der Waals surface area contributed by atoms with E-state index in [9.17, 15) is 13.2 Å². The number of hydrogen-bond acceptors (Lipinski definition) is 5. The van der Waals surface area contributed by atoms with Crippen molar-refractivity contribution in [3.05, 3.63) is 59.7 Å². The summed E-state index contributed by atoms with van der Waals surface area (Å²) in [6.45, 7) is 9.05. The van der Waals surface area contributed by atoms with Crippen LogP contribution in [0.4, 0.5) is 11.4 Å². The van der Waals surface area contributed by atoms with Crippen LogP contribution in [0.5, 0.6) is 0 Å². The van der Waals surface area contributed by atoms with Gasteiger partial charge in [-0.15, -0.1) is 0 Å². The SMILES string of the molecule is CCCCS(=O)(=O)c1ccc2c(c1)C(C)(C)C1(C=Cc3ccc(NC(C)=O)cc3)OCCN21. The number of anilines is 2. The number of amides is 1. The molecule has 0 saturated carbocycles. The Kier molecular flexibility index (Phi) is 6.14. The van der Waals surface area contributed by atoms with Crippen molar-refractivity contribution in [2.45, 2.75) is 56.6 Å². The van der Waals surface area contributed by atoms with Crippen molar-refractivity contribution in [2.24, 2.45) is 0 Å². The molecule has 1 atom stereocenters. The highest BCUT2D eigenvalue weighted by molar-refractivity contribution is 7.91. The highest BCUT2D eigenvalue weighted by Crippen LogP contribution is 2.55. The van der Waals surface area contributed by atoms with E-state index < -0.39 is 21.0 Å². The fourth-order valence-corrected chi connectivity index (χ4v) is 6.36. The van der Waals surface area contributed by atoms with Crippen molar-refractivity contribution in [1.82, 2.24) is 0 Å². The second-order valence-corrected chi connectivity index (χ2v) is 11.4. The minimum Gasteiger partial charge on any atom is -0.349 e. The number of nitrogens with one attached hydrogen (secondary N) is 1. The normalized spacial score (nSPS) is 21.3. The first-order valence-corrected chi connectivity index (χ1v) is 13.1. The third kappa shape index (κ3) is 4.08. The lowest BCUT2D eigenvalue weighted by Crippen LogP contribution is -2.51. The van der Waals surface area contributed by atoms with Crippen LogP contribution in [0.3, 0.4) is 0 Å². The zero-order valence-electron chi connectivity index (χ0n) is 19.7. The van der Waals surface area contributed by atoms with Gasteiger partial charge in [0.1, 0.15) is 0 Å². The number of benzene rings is 2. The van der Waals surface area contributed by atoms with E-state index in [-0.39, 0.29) is 11.7 Å². The molecule has 1 saturated heterocycles. The summed E-state index contributed by atoms with van der Waals surface area (Å²) in [5.74, 6) is 0.0661. The molecule has 1 amide bonds. The molecule has 7 heteroatoms. The van der Waals surface area contributed by atoms with Crippen molar-refractivity contribution in [1.29, 1.82) is 0 Å². The van der Waals surface area contributed by atoms with Crippen LogP contribution in [0.25, 0.3) is 6.08 Å². The molecule has 33 heavy (non-hydrogen) atoms. The zero-order chi connectivity index (χ0) is 23.9. The van der Waals surface area contributed by atoms with Gasteiger partial charge < -0.3 is 15.0 Å². The van der Waals surface area contributed by atoms with Gasteiger partial charge >= 0.3 is 0 Å². The first-order chi connectivity index (χ1) is 15.6. The minimum atomic E-state index is -3.31. The van der Waals surface area contributed by atoms with Crippen molar-refractivity contribution < 1.29 is 17.9 Å². The molecule has 2 aromatic carbocycles. The van der Waals surface area contributed by atoms with E-state index in [2.05, 4.69) is 30.1 Å². The van der Waals surface area contributed by atoms with E-state index in [1.54, 1.807) is 6.07 Å². The summed E-state index contributed by atoms with van der Waals surface area (Å²) in [7, 11) is -3.31. The maximum absolute atomic E-state index is 12.8. The Bertz CT molecular complexity index is 1190. The molecule has 6 nitrogen and oxygen atoms in total. The molecule has 2 aromatic rings. The average molecular weight is 469 g/mol. The average Bonchev–Trinajstić information content (AvgIpc) is 3.28. The highest BCUT2D eigenvalue weighted by Gasteiger charge is 2.59. The molecule has 0 spiro atoms. The topological polar surface area (TPSA) is 75.7 Å². The van der Waals surface area contributed by atoms with Crippen LogP contribution in [-0.4, -0.2) is 39.0 Å². The monoisotopic (exact) mass is 468 g/mol. The molecule has 4 rings (SSSR count). The number of hydrogen-bond donors (Lipinski definition) is 1. The lowest BCUT2D eigenvalue weighted by molar-refractivity contribution is -0.114. The Morgan fingerprint density at radius 2 is 1.91 bits per heavy atom. The van der Waals surface area contributed by atoms with Crippen LogP contribution < -0.4 is 10.2 Å². The molecule has 176 valence electrons. The lowest BCUT2D eigenvalue weighted by Gasteiger charge is -2.39. The fraction of sp³-hybridized carbons (Fsp3) is 0.423. The van der Waals surface area contributed by atoms with Crippen LogP contribution in [0.15, 0.2) is 53.4 Å². The van der Waals surface area contributed by atoms with Gasteiger partial charge in [-0.1, -0.05) is 45.4 Å². The second kappa shape index (κ2) is 8.61. The standard InChI is InChI=1S/C26H32N2O4S/c1-5-6-17-33(30,31)22-11-12-24-23(18-22)25(3,4)26(28(24)15-16-32-26)14-13-20-7-9-21(10-8-20)27-19(2)29/h7-14,18H,5-6,15-17H2,1-4H3,(H,27,29). The van der Waals surface area contributed by atoms with Crippen LogP contribution in [0.2, 0.25) is 0 Å². The van der Waals surface area contributed by atoms with Crippen LogP contribution >= 0.6 is 0 Å². The molecular weight excluding hydrogens is 436 g/mol. The Hall–Kier alpha value is -2.64. The van der Waals surface area contributed by atoms with Gasteiger partial charge in [0.15, 0.2) is 15.6 Å². The summed E-state index contributed by atoms with van der Waals surface area (Å²) >= 11 is 0. The number of carbonyl (C=O) groups is 1. The maximum atomic E-state index is 12.8. The Labute approximate surface area is 196 Å². The largest absolute Gasteiger partial charge is 0.349 e. The first kappa shape index (κ1) is 23.5. The van der Waals surface area contributed by atoms with Gasteiger partial charge in [0.05, 0.1) is 17.3 Å². The maximum Gasteiger partial charge on any atom is 0.221 e. The molecule has 0 radical (unpaired) electrons. The van der Waals surface area contributed by atoms with Gasteiger partial charge in [-0.3, -0.25) is 4.79 Å². The summed E-state index contributed by atoms with van der Waals surface area (Å²) < 4.78 is 32.1. The predicted octanol–water partition coefficient (Wildman–Crippen LogP) is 4.76. The van der Waals surface area contributed by atoms with Crippen LogP contribution in [0.1, 0.15) is 51.7 Å². The third-order valence-electron chi connectivity index (χ3n) is 6.72. The molecule has 1 fully saturated rings. The molecule has 0 bridgehead atoms. The number of sulfone groups is 1. The number of rotatable bonds is 7. The van der Waals surface area contributed by atoms with Gasteiger partial charge in [-0.05, 0) is 54.0 Å². The minimum absolute atomic E-state index is 0.103. The summed E-state index contributed by atoms with van der Waals surface area (Å²) in [4.78, 5) is 13.9. The van der Waals surface area contributed by atoms with E-state index in [0.717, 1.165) is 35.5 Å². The molecule has 0 aromatic heterocycles. The number of carbonyl (C=O) groups excluding carboxylic acids is 1. The fourth-order valence-electron chi connectivity index (χ4n) is 4.88. The van der Waals surface area contributed by atoms with Gasteiger partial charge in [0, 0.05) is 30.3 Å². The molecule has 0 aliphatic carbocycles. The summed E-state index contributed by atoms with van der Waals surface area (Å²) in [5.41, 5.74) is 2.60. The molecule has 2 aliphatic rings. The van der Waals surface area contributed by atoms with Gasteiger partial charge in [-0.25, -0.2) is 8.42 Å². The third-order valence-corrected chi connectivity index (χ3v) is 8.52. The second-order valence-electron chi connectivity index (χ2n) is 9.31. The number of ether oxygens (including phenoxy) is 1. The van der Waals surface area contributed by atoms with E-state index in [1.807, 2.05) is 49.4 Å². The van der Waals surface area contributed by atoms with Gasteiger partial charge in [-0.2, -0.15) is 0 Å². The molecule has 2 heterocycles. The van der Waals surface area contributed by atoms with E-state index in [4.69, 9.17) is 4.74 Å². The first-order valence-electron chi connectivity index (χ1n) is 11.5. The van der Waals surface area contributed by atoms with E-state index in [1.165, 1.54) is 6.92 Å². The number of nitrogens with zero attached hydrogens (tertiary/aromatic N) is 1. The molecule has 1 N–H and O–H groups in total. The van der Waals surface area contributed by atoms with Gasteiger partial charge in [0.2, 0.25) is 5.91 Å². The molecule has 1 unspecified atom stereocenters. The quantitative estimate of drug-likeness (QED) is 0.634. The van der Waals surface area contributed by atoms with Crippen molar-refractivity contribution in [3.8, 4) is 0 Å². The summed E-state index contributed by atoms with van der Waals surface area (Å²) in [6.07, 6.45) is 5.61. The van der Waals surface area contributed by atoms with Crippen molar-refractivity contribution in [2.75, 3.05) is 29.1 Å². The lowest BCUT2D eigenvalue weighted by atomic mass is 9.77. The molecular formula is C26H32N2O4S. The number of fused-ring (bicyclic) bond motifs is 3. The molecule has 2 aliphatic heterocycles. The smallest absolute Gasteiger partial charge is 0.221 e. The highest BCUT2D eigenvalue weighted by atomic mass is 32.2. The Morgan fingerprint density at radius 3 is 2.58 bits per heavy atom. The summed E-state index contributed by atoms with van der Waals surface area (Å²) in [5, 5.41) is 2.77. The van der Waals surface area contributed by atoms with Gasteiger partial charge in [0.25, 0.3) is 0 Å². The van der Waals surface area contributed by atoms with Crippen molar-refractivity contribution >= 4 is 33.2 Å².